The Morgan fingerprint density at radius 3 is 2.59 bits per heavy atom. The number of carboxylic acids is 1. The first-order chi connectivity index (χ1) is 17.8. The van der Waals surface area contributed by atoms with Crippen LogP contribution in [0.4, 0.5) is 10.8 Å². The third-order valence-electron chi connectivity index (χ3n) is 5.97. The van der Waals surface area contributed by atoms with Gasteiger partial charge in [-0.25, -0.2) is 4.98 Å². The van der Waals surface area contributed by atoms with Crippen molar-refractivity contribution in [3.05, 3.63) is 66.1 Å². The number of nitrogens with zero attached hydrogens (tertiary/aromatic N) is 1. The van der Waals surface area contributed by atoms with Crippen molar-refractivity contribution in [2.75, 3.05) is 17.7 Å². The Morgan fingerprint density at radius 2 is 1.84 bits per heavy atom. The van der Waals surface area contributed by atoms with Gasteiger partial charge >= 0.3 is 5.97 Å². The summed E-state index contributed by atoms with van der Waals surface area (Å²) in [5.74, 6) is -2.10. The highest BCUT2D eigenvalue weighted by molar-refractivity contribution is 8.00. The monoisotopic (exact) mass is 537 g/mol. The van der Waals surface area contributed by atoms with E-state index in [2.05, 4.69) is 15.6 Å². The van der Waals surface area contributed by atoms with Crippen LogP contribution in [-0.4, -0.2) is 40.2 Å². The Kier molecular flexibility index (Phi) is 8.62. The summed E-state index contributed by atoms with van der Waals surface area (Å²) < 4.78 is 5.26. The summed E-state index contributed by atoms with van der Waals surface area (Å²) in [5, 5.41) is 17.1. The number of rotatable bonds is 9. The largest absolute Gasteiger partial charge is 0.497 e. The molecule has 1 heterocycles. The Labute approximate surface area is 223 Å². The highest BCUT2D eigenvalue weighted by atomic mass is 32.2. The van der Waals surface area contributed by atoms with E-state index in [-0.39, 0.29) is 11.8 Å². The normalized spacial score (nSPS) is 17.6. The fourth-order valence-corrected chi connectivity index (χ4v) is 5.62. The minimum absolute atomic E-state index is 0.190. The lowest BCUT2D eigenvalue weighted by Gasteiger charge is -2.24. The summed E-state index contributed by atoms with van der Waals surface area (Å²) in [6.45, 7) is 1.80. The zero-order valence-corrected chi connectivity index (χ0v) is 22.0. The van der Waals surface area contributed by atoms with Crippen molar-refractivity contribution in [2.45, 2.75) is 29.9 Å². The number of carbonyl (C=O) groups is 3. The molecule has 0 bridgehead atoms. The number of aromatic nitrogens is 1. The van der Waals surface area contributed by atoms with Crippen LogP contribution in [0.2, 0.25) is 0 Å². The van der Waals surface area contributed by atoms with Crippen molar-refractivity contribution in [1.82, 2.24) is 4.98 Å². The van der Waals surface area contributed by atoms with Crippen molar-refractivity contribution >= 4 is 51.7 Å². The lowest BCUT2D eigenvalue weighted by molar-refractivity contribution is -0.146. The summed E-state index contributed by atoms with van der Waals surface area (Å²) in [6.07, 6.45) is 4.39. The number of allylic oxidation sites excluding steroid dienone is 2. The topological polar surface area (TPSA) is 118 Å². The molecule has 3 aromatic rings. The number of aliphatic carboxylic acids is 1. The maximum Gasteiger partial charge on any atom is 0.307 e. The van der Waals surface area contributed by atoms with Crippen LogP contribution in [-0.2, 0) is 14.4 Å². The van der Waals surface area contributed by atoms with Gasteiger partial charge in [-0.05, 0) is 50.1 Å². The Balaban J connectivity index is 1.35. The van der Waals surface area contributed by atoms with Gasteiger partial charge in [0.2, 0.25) is 11.8 Å². The summed E-state index contributed by atoms with van der Waals surface area (Å²) in [4.78, 5) is 42.4. The summed E-state index contributed by atoms with van der Waals surface area (Å²) in [5.41, 5.74) is 2.21. The maximum absolute atomic E-state index is 12.8. The molecule has 0 spiro atoms. The van der Waals surface area contributed by atoms with Crippen LogP contribution in [0.3, 0.4) is 0 Å². The number of benzene rings is 2. The Hall–Kier alpha value is -3.63. The van der Waals surface area contributed by atoms with Crippen LogP contribution >= 0.6 is 23.1 Å². The third-order valence-corrected chi connectivity index (χ3v) is 7.82. The van der Waals surface area contributed by atoms with Gasteiger partial charge in [-0.2, -0.15) is 0 Å². The van der Waals surface area contributed by atoms with E-state index in [4.69, 9.17) is 4.74 Å². The van der Waals surface area contributed by atoms with Gasteiger partial charge in [0.1, 0.15) is 5.75 Å². The molecular weight excluding hydrogens is 510 g/mol. The zero-order chi connectivity index (χ0) is 26.4. The smallest absolute Gasteiger partial charge is 0.307 e. The number of thiazole rings is 1. The minimum Gasteiger partial charge on any atom is -0.497 e. The van der Waals surface area contributed by atoms with Crippen molar-refractivity contribution in [3.63, 3.8) is 0 Å². The van der Waals surface area contributed by atoms with Crippen LogP contribution in [0.25, 0.3) is 11.3 Å². The van der Waals surface area contributed by atoms with Crippen molar-refractivity contribution in [2.24, 2.45) is 11.8 Å². The lowest BCUT2D eigenvalue weighted by atomic mass is 9.82. The van der Waals surface area contributed by atoms with E-state index in [9.17, 15) is 19.5 Å². The van der Waals surface area contributed by atoms with Gasteiger partial charge in [0.05, 0.1) is 29.9 Å². The second-order valence-electron chi connectivity index (χ2n) is 8.53. The number of anilines is 2. The second kappa shape index (κ2) is 12.1. The quantitative estimate of drug-likeness (QED) is 0.242. The summed E-state index contributed by atoms with van der Waals surface area (Å²) >= 11 is 2.70. The number of thioether (sulfide) groups is 1. The number of methoxy groups -OCH3 is 1. The molecule has 1 aromatic heterocycles. The van der Waals surface area contributed by atoms with Crippen LogP contribution < -0.4 is 15.4 Å². The number of ether oxygens (including phenoxy) is 1. The van der Waals surface area contributed by atoms with E-state index in [1.165, 1.54) is 23.1 Å². The van der Waals surface area contributed by atoms with Gasteiger partial charge in [-0.15, -0.1) is 23.1 Å². The molecular formula is C27H27N3O5S2. The molecule has 3 unspecified atom stereocenters. The molecule has 0 saturated heterocycles. The average molecular weight is 538 g/mol. The fourth-order valence-electron chi connectivity index (χ4n) is 3.97. The average Bonchev–Trinajstić information content (AvgIpc) is 3.37. The van der Waals surface area contributed by atoms with Gasteiger partial charge in [0.25, 0.3) is 0 Å². The first-order valence-corrected chi connectivity index (χ1v) is 13.5. The molecule has 1 aliphatic rings. The van der Waals surface area contributed by atoms with Gasteiger partial charge < -0.3 is 20.5 Å². The highest BCUT2D eigenvalue weighted by Gasteiger charge is 2.34. The Bertz CT molecular complexity index is 1320. The van der Waals surface area contributed by atoms with Crippen LogP contribution in [0.5, 0.6) is 5.75 Å². The SMILES string of the molecule is COc1cccc(-c2csc(NC(=O)C(C)Sc3cccc(NC(=O)C4CC=CCC4C(=O)O)c3)n2)c1. The molecule has 0 fully saturated rings. The van der Waals surface area contributed by atoms with E-state index in [0.29, 0.717) is 23.7 Å². The van der Waals surface area contributed by atoms with E-state index in [0.717, 1.165) is 21.9 Å². The molecule has 2 aromatic carbocycles. The lowest BCUT2D eigenvalue weighted by Crippen LogP contribution is -2.34. The third kappa shape index (κ3) is 6.78. The van der Waals surface area contributed by atoms with E-state index < -0.39 is 23.1 Å². The van der Waals surface area contributed by atoms with Crippen molar-refractivity contribution in [3.8, 4) is 17.0 Å². The Morgan fingerprint density at radius 1 is 1.08 bits per heavy atom. The van der Waals surface area contributed by atoms with Crippen LogP contribution in [0.15, 0.2) is 71.0 Å². The number of amides is 2. The van der Waals surface area contributed by atoms with Gasteiger partial charge in [0.15, 0.2) is 5.13 Å². The van der Waals surface area contributed by atoms with Crippen LogP contribution in [0, 0.1) is 11.8 Å². The fraction of sp³-hybridized carbons (Fsp3) is 0.259. The molecule has 192 valence electrons. The highest BCUT2D eigenvalue weighted by Crippen LogP contribution is 2.31. The molecule has 3 atom stereocenters. The zero-order valence-electron chi connectivity index (χ0n) is 20.3. The van der Waals surface area contributed by atoms with E-state index >= 15 is 0 Å². The molecule has 10 heteroatoms. The van der Waals surface area contributed by atoms with E-state index in [1.54, 1.807) is 38.3 Å². The van der Waals surface area contributed by atoms with Gasteiger partial charge in [-0.1, -0.05) is 30.4 Å². The first kappa shape index (κ1) is 26.4. The number of carbonyl (C=O) groups excluding carboxylic acids is 2. The second-order valence-corrected chi connectivity index (χ2v) is 10.8. The molecule has 0 radical (unpaired) electrons. The number of hydrogen-bond donors (Lipinski definition) is 3. The molecule has 0 saturated carbocycles. The summed E-state index contributed by atoms with van der Waals surface area (Å²) in [7, 11) is 1.61. The standard InChI is InChI=1S/C27H27N3O5S2/c1-16(24(31)30-27-29-23(15-36-27)17-7-5-9-19(13-17)35-2)37-20-10-6-8-18(14-20)28-25(32)21-11-3-4-12-22(21)26(33)34/h3-10,13-16,21-22H,11-12H2,1-2H3,(H,28,32)(H,33,34)(H,29,30,31). The predicted molar refractivity (Wildman–Crippen MR) is 146 cm³/mol. The van der Waals surface area contributed by atoms with Gasteiger partial charge in [-0.3, -0.25) is 14.4 Å². The number of nitrogens with one attached hydrogen (secondary N) is 2. The minimum atomic E-state index is -0.968. The number of hydrogen-bond acceptors (Lipinski definition) is 7. The molecule has 8 nitrogen and oxygen atoms in total. The maximum atomic E-state index is 12.8. The molecule has 37 heavy (non-hydrogen) atoms. The van der Waals surface area contributed by atoms with Crippen molar-refractivity contribution in [1.29, 1.82) is 0 Å². The molecule has 2 amide bonds. The molecule has 4 rings (SSSR count). The van der Waals surface area contributed by atoms with E-state index in [1.807, 2.05) is 41.8 Å². The molecule has 0 aliphatic heterocycles. The molecule has 1 aliphatic carbocycles. The number of carboxylic acid groups (broad SMARTS) is 1. The summed E-state index contributed by atoms with van der Waals surface area (Å²) in [6, 6.07) is 14.7. The van der Waals surface area contributed by atoms with Crippen molar-refractivity contribution < 1.29 is 24.2 Å². The molecule has 3 N–H and O–H groups in total. The van der Waals surface area contributed by atoms with Gasteiger partial charge in [0, 0.05) is 21.5 Å². The predicted octanol–water partition coefficient (Wildman–Crippen LogP) is 5.54. The first-order valence-electron chi connectivity index (χ1n) is 11.7. The van der Waals surface area contributed by atoms with Crippen LogP contribution in [0.1, 0.15) is 19.8 Å².